The lowest BCUT2D eigenvalue weighted by Gasteiger charge is -2.28. The Morgan fingerprint density at radius 3 is 2.30 bits per heavy atom. The summed E-state index contributed by atoms with van der Waals surface area (Å²) in [6, 6.07) is 20.2. The molecular weight excluding hydrogens is 338 g/mol. The number of nitrogens with one attached hydrogen (secondary N) is 1. The van der Waals surface area contributed by atoms with Crippen molar-refractivity contribution >= 4 is 5.91 Å². The van der Waals surface area contributed by atoms with Gasteiger partial charge in [-0.1, -0.05) is 60.7 Å². The van der Waals surface area contributed by atoms with E-state index in [9.17, 15) is 4.79 Å². The first-order valence-electron chi connectivity index (χ1n) is 9.52. The van der Waals surface area contributed by atoms with Gasteiger partial charge >= 0.3 is 0 Å². The molecule has 0 radical (unpaired) electrons. The molecule has 1 aromatic heterocycles. The molecule has 0 bridgehead atoms. The van der Waals surface area contributed by atoms with E-state index in [4.69, 9.17) is 4.63 Å². The molecule has 1 saturated carbocycles. The van der Waals surface area contributed by atoms with Gasteiger partial charge < -0.3 is 5.32 Å². The van der Waals surface area contributed by atoms with E-state index in [-0.39, 0.29) is 11.6 Å². The smallest absolute Gasteiger partial charge is 0.275 e. The molecule has 1 heterocycles. The zero-order valence-electron chi connectivity index (χ0n) is 15.2. The highest BCUT2D eigenvalue weighted by Crippen LogP contribution is 2.35. The molecule has 0 saturated heterocycles. The predicted molar refractivity (Wildman–Crippen MR) is 103 cm³/mol. The Morgan fingerprint density at radius 2 is 1.59 bits per heavy atom. The fourth-order valence-corrected chi connectivity index (χ4v) is 3.87. The number of nitrogens with zero attached hydrogens (tertiary/aromatic N) is 2. The second-order valence-electron chi connectivity index (χ2n) is 7.17. The Kier molecular flexibility index (Phi) is 5.28. The lowest BCUT2D eigenvalue weighted by Crippen LogP contribution is -2.31. The van der Waals surface area contributed by atoms with Crippen LogP contribution >= 0.6 is 0 Å². The molecule has 5 nitrogen and oxygen atoms in total. The molecular formula is C22H23N3O2. The molecule has 1 N–H and O–H groups in total. The van der Waals surface area contributed by atoms with Crippen LogP contribution in [0.2, 0.25) is 0 Å². The minimum Gasteiger partial charge on any atom is -0.350 e. The topological polar surface area (TPSA) is 68.0 Å². The summed E-state index contributed by atoms with van der Waals surface area (Å²) < 4.78 is 4.82. The summed E-state index contributed by atoms with van der Waals surface area (Å²) in [5.74, 6) is 0.928. The molecule has 0 unspecified atom stereocenters. The largest absolute Gasteiger partial charge is 0.350 e. The summed E-state index contributed by atoms with van der Waals surface area (Å²) in [5.41, 5.74) is 2.99. The van der Waals surface area contributed by atoms with Crippen molar-refractivity contribution in [2.45, 2.75) is 31.6 Å². The van der Waals surface area contributed by atoms with Gasteiger partial charge in [-0.15, -0.1) is 0 Å². The van der Waals surface area contributed by atoms with Gasteiger partial charge in [-0.3, -0.25) is 4.79 Å². The van der Waals surface area contributed by atoms with E-state index in [2.05, 4.69) is 46.0 Å². The van der Waals surface area contributed by atoms with Gasteiger partial charge in [0, 0.05) is 12.1 Å². The van der Waals surface area contributed by atoms with E-state index in [0.717, 1.165) is 18.4 Å². The third-order valence-electron chi connectivity index (χ3n) is 5.42. The quantitative estimate of drug-likeness (QED) is 0.729. The van der Waals surface area contributed by atoms with E-state index in [1.807, 2.05) is 30.3 Å². The average molecular weight is 361 g/mol. The van der Waals surface area contributed by atoms with E-state index in [0.29, 0.717) is 24.1 Å². The van der Waals surface area contributed by atoms with Gasteiger partial charge in [-0.2, -0.15) is 0 Å². The lowest BCUT2D eigenvalue weighted by atomic mass is 9.79. The van der Waals surface area contributed by atoms with Gasteiger partial charge in [-0.05, 0) is 53.4 Å². The van der Waals surface area contributed by atoms with Crippen LogP contribution in [0.3, 0.4) is 0 Å². The Bertz CT molecular complexity index is 869. The lowest BCUT2D eigenvalue weighted by molar-refractivity contribution is 0.0933. The molecule has 27 heavy (non-hydrogen) atoms. The van der Waals surface area contributed by atoms with Crippen LogP contribution in [-0.2, 0) is 0 Å². The predicted octanol–water partition coefficient (Wildman–Crippen LogP) is 4.44. The first-order chi connectivity index (χ1) is 13.3. The van der Waals surface area contributed by atoms with Crippen LogP contribution in [0.4, 0.5) is 0 Å². The molecule has 0 atom stereocenters. The molecule has 4 rings (SSSR count). The number of hydrogen-bond donors (Lipinski definition) is 1. The molecule has 5 heteroatoms. The van der Waals surface area contributed by atoms with Crippen molar-refractivity contribution in [2.75, 3.05) is 6.54 Å². The van der Waals surface area contributed by atoms with Crippen LogP contribution in [0.15, 0.2) is 65.3 Å². The van der Waals surface area contributed by atoms with Crippen molar-refractivity contribution in [1.82, 2.24) is 15.6 Å². The molecule has 2 aromatic carbocycles. The molecule has 0 aliphatic heterocycles. The molecule has 138 valence electrons. The monoisotopic (exact) mass is 361 g/mol. The van der Waals surface area contributed by atoms with E-state index >= 15 is 0 Å². The molecule has 1 aliphatic carbocycles. The van der Waals surface area contributed by atoms with Crippen molar-refractivity contribution in [2.24, 2.45) is 5.92 Å². The van der Waals surface area contributed by atoms with Crippen LogP contribution in [0.1, 0.15) is 47.7 Å². The number of aromatic nitrogens is 2. The maximum absolute atomic E-state index is 12.6. The van der Waals surface area contributed by atoms with Crippen LogP contribution in [0.5, 0.6) is 0 Å². The number of carbonyl (C=O) groups is 1. The Hall–Kier alpha value is -2.95. The second kappa shape index (κ2) is 8.16. The van der Waals surface area contributed by atoms with Gasteiger partial charge in [-0.25, -0.2) is 4.63 Å². The SMILES string of the molecule is O=C(NCC1CCC(c2ccccc2)CC1)c1nonc1-c1ccccc1. The van der Waals surface area contributed by atoms with Crippen LogP contribution in [0.25, 0.3) is 11.3 Å². The minimum atomic E-state index is -0.222. The van der Waals surface area contributed by atoms with Gasteiger partial charge in [0.05, 0.1) is 0 Å². The van der Waals surface area contributed by atoms with E-state index < -0.39 is 0 Å². The average Bonchev–Trinajstić information content (AvgIpc) is 3.24. The summed E-state index contributed by atoms with van der Waals surface area (Å²) >= 11 is 0. The highest BCUT2D eigenvalue weighted by Gasteiger charge is 2.24. The first-order valence-corrected chi connectivity index (χ1v) is 9.52. The number of benzene rings is 2. The van der Waals surface area contributed by atoms with Gasteiger partial charge in [0.15, 0.2) is 5.69 Å². The molecule has 1 aliphatic rings. The van der Waals surface area contributed by atoms with Crippen molar-refractivity contribution in [3.05, 3.63) is 71.9 Å². The van der Waals surface area contributed by atoms with Crippen molar-refractivity contribution in [3.63, 3.8) is 0 Å². The Morgan fingerprint density at radius 1 is 0.926 bits per heavy atom. The van der Waals surface area contributed by atoms with Crippen molar-refractivity contribution < 1.29 is 9.42 Å². The number of carbonyl (C=O) groups excluding carboxylic acids is 1. The fraction of sp³-hybridized carbons (Fsp3) is 0.318. The Labute approximate surface area is 158 Å². The molecule has 0 spiro atoms. The normalized spacial score (nSPS) is 19.6. The summed E-state index contributed by atoms with van der Waals surface area (Å²) in [6.45, 7) is 0.668. The van der Waals surface area contributed by atoms with Crippen LogP contribution in [0, 0.1) is 5.92 Å². The minimum absolute atomic E-state index is 0.222. The number of amides is 1. The summed E-state index contributed by atoms with van der Waals surface area (Å²) in [7, 11) is 0. The van der Waals surface area contributed by atoms with Crippen LogP contribution in [-0.4, -0.2) is 22.8 Å². The highest BCUT2D eigenvalue weighted by molar-refractivity contribution is 5.97. The van der Waals surface area contributed by atoms with Crippen molar-refractivity contribution in [3.8, 4) is 11.3 Å². The first kappa shape index (κ1) is 17.5. The molecule has 3 aromatic rings. The summed E-state index contributed by atoms with van der Waals surface area (Å²) in [5, 5.41) is 10.7. The highest BCUT2D eigenvalue weighted by atomic mass is 16.6. The maximum Gasteiger partial charge on any atom is 0.275 e. The van der Waals surface area contributed by atoms with Crippen LogP contribution < -0.4 is 5.32 Å². The summed E-state index contributed by atoms with van der Waals surface area (Å²) in [6.07, 6.45) is 4.60. The second-order valence-corrected chi connectivity index (χ2v) is 7.17. The van der Waals surface area contributed by atoms with Gasteiger partial charge in [0.25, 0.3) is 5.91 Å². The molecule has 1 amide bonds. The standard InChI is InChI=1S/C22H23N3O2/c26-22(21-20(24-27-25-21)19-9-5-2-6-10-19)23-15-16-11-13-18(14-12-16)17-7-3-1-4-8-17/h1-10,16,18H,11-15H2,(H,23,26). The van der Waals surface area contributed by atoms with Gasteiger partial charge in [0.2, 0.25) is 0 Å². The number of hydrogen-bond acceptors (Lipinski definition) is 4. The maximum atomic E-state index is 12.6. The molecule has 1 fully saturated rings. The zero-order chi connectivity index (χ0) is 18.5. The summed E-state index contributed by atoms with van der Waals surface area (Å²) in [4.78, 5) is 12.6. The van der Waals surface area contributed by atoms with Gasteiger partial charge in [0.1, 0.15) is 5.69 Å². The van der Waals surface area contributed by atoms with E-state index in [1.54, 1.807) is 0 Å². The third-order valence-corrected chi connectivity index (χ3v) is 5.42. The van der Waals surface area contributed by atoms with Crippen molar-refractivity contribution in [1.29, 1.82) is 0 Å². The van der Waals surface area contributed by atoms with E-state index in [1.165, 1.54) is 18.4 Å². The fourth-order valence-electron chi connectivity index (χ4n) is 3.87. The Balaban J connectivity index is 1.32. The number of rotatable bonds is 5. The zero-order valence-corrected chi connectivity index (χ0v) is 15.2. The third kappa shape index (κ3) is 4.08.